The highest BCUT2D eigenvalue weighted by atomic mass is 32.2. The third kappa shape index (κ3) is 3.18. The van der Waals surface area contributed by atoms with Crippen LogP contribution in [0.5, 0.6) is 0 Å². The number of sulfonamides is 1. The van der Waals surface area contributed by atoms with Crippen molar-refractivity contribution in [1.82, 2.24) is 9.62 Å². The zero-order valence-corrected chi connectivity index (χ0v) is 16.0. The molecule has 0 bridgehead atoms. The number of aliphatic carboxylic acids is 1. The van der Waals surface area contributed by atoms with E-state index in [1.165, 1.54) is 11.8 Å². The summed E-state index contributed by atoms with van der Waals surface area (Å²) in [7, 11) is -3.58. The van der Waals surface area contributed by atoms with Crippen LogP contribution < -0.4 is 4.72 Å². The van der Waals surface area contributed by atoms with E-state index < -0.39 is 39.4 Å². The van der Waals surface area contributed by atoms with Crippen LogP contribution in [0.2, 0.25) is 0 Å². The van der Waals surface area contributed by atoms with E-state index in [0.29, 0.717) is 6.54 Å². The van der Waals surface area contributed by atoms with Crippen molar-refractivity contribution in [2.24, 2.45) is 22.7 Å². The first kappa shape index (κ1) is 19.2. The molecule has 4 atom stereocenters. The second kappa shape index (κ2) is 5.69. The average molecular weight is 360 g/mol. The molecule has 8 heteroatoms. The van der Waals surface area contributed by atoms with E-state index in [-0.39, 0.29) is 23.0 Å². The van der Waals surface area contributed by atoms with Gasteiger partial charge in [0.2, 0.25) is 15.9 Å². The Labute approximate surface area is 143 Å². The van der Waals surface area contributed by atoms with E-state index >= 15 is 0 Å². The van der Waals surface area contributed by atoms with Crippen LogP contribution >= 0.6 is 0 Å². The van der Waals surface area contributed by atoms with Gasteiger partial charge in [0.05, 0.1) is 5.75 Å². The summed E-state index contributed by atoms with van der Waals surface area (Å²) in [5, 5.41) is 9.59. The number of carboxylic acid groups (broad SMARTS) is 1. The summed E-state index contributed by atoms with van der Waals surface area (Å²) in [6, 6.07) is -1.86. The van der Waals surface area contributed by atoms with E-state index in [1.807, 2.05) is 13.8 Å². The van der Waals surface area contributed by atoms with Crippen LogP contribution in [0.15, 0.2) is 0 Å². The quantitative estimate of drug-likeness (QED) is 0.758. The summed E-state index contributed by atoms with van der Waals surface area (Å²) in [4.78, 5) is 26.1. The fraction of sp³-hybridized carbons (Fsp3) is 0.875. The molecule has 0 radical (unpaired) electrons. The van der Waals surface area contributed by atoms with Gasteiger partial charge >= 0.3 is 5.97 Å². The fourth-order valence-electron chi connectivity index (χ4n) is 3.82. The minimum Gasteiger partial charge on any atom is -0.480 e. The number of likely N-dealkylation sites (tertiary alicyclic amines) is 1. The van der Waals surface area contributed by atoms with Crippen LogP contribution in [0, 0.1) is 22.7 Å². The van der Waals surface area contributed by atoms with Crippen LogP contribution in [0.25, 0.3) is 0 Å². The molecule has 2 N–H and O–H groups in total. The molecule has 0 aromatic rings. The van der Waals surface area contributed by atoms with Gasteiger partial charge in [-0.3, -0.25) is 4.79 Å². The SMILES string of the molecule is CCS(=O)(=O)N[C@H](C(=O)N1C[C@H]2[C@@H]([C@H]1C(=O)O)C2(C)C)C(C)(C)C. The molecule has 0 aromatic carbocycles. The Morgan fingerprint density at radius 3 is 2.29 bits per heavy atom. The van der Waals surface area contributed by atoms with Gasteiger partial charge in [0.1, 0.15) is 12.1 Å². The highest BCUT2D eigenvalue weighted by Crippen LogP contribution is 2.65. The smallest absolute Gasteiger partial charge is 0.326 e. The highest BCUT2D eigenvalue weighted by molar-refractivity contribution is 7.89. The summed E-state index contributed by atoms with van der Waals surface area (Å²) in [6.07, 6.45) is 0. The van der Waals surface area contributed by atoms with Gasteiger partial charge < -0.3 is 10.0 Å². The first-order valence-corrected chi connectivity index (χ1v) is 9.92. The molecule has 2 fully saturated rings. The van der Waals surface area contributed by atoms with Gasteiger partial charge in [-0.2, -0.15) is 0 Å². The zero-order valence-electron chi connectivity index (χ0n) is 15.2. The summed E-state index contributed by atoms with van der Waals surface area (Å²) >= 11 is 0. The maximum atomic E-state index is 13.0. The number of fused-ring (bicyclic) bond motifs is 1. The van der Waals surface area contributed by atoms with E-state index in [9.17, 15) is 23.1 Å². The number of rotatable bonds is 5. The number of carbonyl (C=O) groups is 2. The van der Waals surface area contributed by atoms with Gasteiger partial charge in [-0.05, 0) is 23.7 Å². The Hall–Kier alpha value is -1.15. The number of nitrogens with one attached hydrogen (secondary N) is 1. The second-order valence-corrected chi connectivity index (χ2v) is 10.6. The van der Waals surface area contributed by atoms with Crippen LogP contribution in [0.1, 0.15) is 41.5 Å². The van der Waals surface area contributed by atoms with Gasteiger partial charge in [-0.1, -0.05) is 34.6 Å². The normalized spacial score (nSPS) is 29.9. The van der Waals surface area contributed by atoms with Gasteiger partial charge in [0.15, 0.2) is 0 Å². The molecule has 2 aliphatic rings. The molecule has 1 amide bonds. The predicted molar refractivity (Wildman–Crippen MR) is 89.7 cm³/mol. The Morgan fingerprint density at radius 2 is 1.88 bits per heavy atom. The monoisotopic (exact) mass is 360 g/mol. The van der Waals surface area contributed by atoms with Crippen LogP contribution in [-0.4, -0.2) is 54.7 Å². The molecule has 24 heavy (non-hydrogen) atoms. The summed E-state index contributed by atoms with van der Waals surface area (Å²) in [5.41, 5.74) is -0.745. The molecule has 0 spiro atoms. The average Bonchev–Trinajstić information content (AvgIpc) is 2.82. The number of nitrogens with zero attached hydrogens (tertiary/aromatic N) is 1. The van der Waals surface area contributed by atoms with Crippen molar-refractivity contribution in [3.63, 3.8) is 0 Å². The minimum absolute atomic E-state index is 0.0673. The molecule has 138 valence electrons. The lowest BCUT2D eigenvalue weighted by Crippen LogP contribution is -2.58. The van der Waals surface area contributed by atoms with Crippen molar-refractivity contribution in [1.29, 1.82) is 0 Å². The molecular formula is C16H28N2O5S. The van der Waals surface area contributed by atoms with Crippen molar-refractivity contribution >= 4 is 21.9 Å². The lowest BCUT2D eigenvalue weighted by atomic mass is 9.86. The summed E-state index contributed by atoms with van der Waals surface area (Å²) < 4.78 is 26.4. The third-order valence-corrected chi connectivity index (χ3v) is 6.89. The number of carboxylic acids is 1. The number of hydrogen-bond donors (Lipinski definition) is 2. The first-order valence-electron chi connectivity index (χ1n) is 8.27. The molecule has 1 aliphatic heterocycles. The number of piperidine rings is 1. The largest absolute Gasteiger partial charge is 0.480 e. The lowest BCUT2D eigenvalue weighted by molar-refractivity contribution is -0.152. The van der Waals surface area contributed by atoms with Crippen LogP contribution in [0.3, 0.4) is 0 Å². The van der Waals surface area contributed by atoms with Gasteiger partial charge in [0, 0.05) is 12.5 Å². The molecular weight excluding hydrogens is 332 g/mol. The van der Waals surface area contributed by atoms with Crippen LogP contribution in [0.4, 0.5) is 0 Å². The first-order chi connectivity index (χ1) is 10.7. The molecule has 0 unspecified atom stereocenters. The minimum atomic E-state index is -3.58. The Morgan fingerprint density at radius 1 is 1.33 bits per heavy atom. The maximum absolute atomic E-state index is 13.0. The molecule has 1 aliphatic carbocycles. The van der Waals surface area contributed by atoms with Crippen LogP contribution in [-0.2, 0) is 19.6 Å². The molecule has 2 rings (SSSR count). The Bertz CT molecular complexity index is 650. The topological polar surface area (TPSA) is 104 Å². The number of carbonyl (C=O) groups excluding carboxylic acids is 1. The van der Waals surface area contributed by atoms with Crippen molar-refractivity contribution in [2.75, 3.05) is 12.3 Å². The van der Waals surface area contributed by atoms with E-state index in [1.54, 1.807) is 20.8 Å². The lowest BCUT2D eigenvalue weighted by Gasteiger charge is -2.36. The maximum Gasteiger partial charge on any atom is 0.326 e. The van der Waals surface area contributed by atoms with Crippen molar-refractivity contribution in [2.45, 2.75) is 53.6 Å². The molecule has 1 saturated heterocycles. The van der Waals surface area contributed by atoms with Crippen molar-refractivity contribution in [3.8, 4) is 0 Å². The standard InChI is InChI=1S/C16H28N2O5S/c1-7-24(22,23)17-12(15(2,3)4)13(19)18-8-9-10(16(9,5)6)11(18)14(20)21/h9-12,17H,7-8H2,1-6H3,(H,20,21)/t9-,10-,11-,12+/m0/s1. The Balaban J connectivity index is 2.29. The Kier molecular flexibility index (Phi) is 4.55. The van der Waals surface area contributed by atoms with Crippen molar-refractivity contribution in [3.05, 3.63) is 0 Å². The van der Waals surface area contributed by atoms with E-state index in [0.717, 1.165) is 0 Å². The fourth-order valence-corrected chi connectivity index (χ4v) is 4.80. The second-order valence-electron chi connectivity index (χ2n) is 8.55. The van der Waals surface area contributed by atoms with E-state index in [2.05, 4.69) is 4.72 Å². The zero-order chi connectivity index (χ0) is 18.7. The number of hydrogen-bond acceptors (Lipinski definition) is 4. The highest BCUT2D eigenvalue weighted by Gasteiger charge is 2.70. The van der Waals surface area contributed by atoms with E-state index in [4.69, 9.17) is 0 Å². The predicted octanol–water partition coefficient (Wildman–Crippen LogP) is 0.908. The van der Waals surface area contributed by atoms with Gasteiger partial charge in [0.25, 0.3) is 0 Å². The van der Waals surface area contributed by atoms with Gasteiger partial charge in [-0.15, -0.1) is 0 Å². The molecule has 0 aromatic heterocycles. The number of amides is 1. The molecule has 7 nitrogen and oxygen atoms in total. The van der Waals surface area contributed by atoms with Crippen molar-refractivity contribution < 1.29 is 23.1 Å². The third-order valence-electron chi connectivity index (χ3n) is 5.54. The molecule has 1 heterocycles. The van der Waals surface area contributed by atoms with Gasteiger partial charge in [-0.25, -0.2) is 17.9 Å². The molecule has 1 saturated carbocycles. The summed E-state index contributed by atoms with van der Waals surface area (Å²) in [5.74, 6) is -1.51. The summed E-state index contributed by atoms with van der Waals surface area (Å²) in [6.45, 7) is 11.2.